The fraction of sp³-hybridized carbons (Fsp3) is 0.500. The first-order valence-corrected chi connectivity index (χ1v) is 4.66. The van der Waals surface area contributed by atoms with Crippen molar-refractivity contribution in [3.8, 4) is 0 Å². The van der Waals surface area contributed by atoms with E-state index in [-0.39, 0.29) is 6.10 Å². The molecule has 1 aromatic heterocycles. The molecule has 1 heterocycles. The molecule has 0 aromatic carbocycles. The summed E-state index contributed by atoms with van der Waals surface area (Å²) in [4.78, 5) is 6.29. The first-order valence-electron chi connectivity index (χ1n) is 4.66. The number of nitrogens with one attached hydrogen (secondary N) is 1. The van der Waals surface area contributed by atoms with Crippen LogP contribution in [-0.2, 0) is 0 Å². The lowest BCUT2D eigenvalue weighted by molar-refractivity contribution is 0.208. The van der Waals surface area contributed by atoms with Gasteiger partial charge in [0.25, 0.3) is 0 Å². The Morgan fingerprint density at radius 1 is 1.50 bits per heavy atom. The first-order chi connectivity index (χ1) is 6.59. The minimum Gasteiger partial charge on any atom is -0.392 e. The number of aromatic nitrogens is 1. The van der Waals surface area contributed by atoms with Crippen LogP contribution in [0, 0.1) is 0 Å². The summed E-state index contributed by atoms with van der Waals surface area (Å²) in [5.74, 6) is 1.69. The van der Waals surface area contributed by atoms with E-state index in [0.29, 0.717) is 6.54 Å². The molecule has 1 rings (SSSR count). The average molecular weight is 195 g/mol. The lowest BCUT2D eigenvalue weighted by atomic mass is 10.4. The van der Waals surface area contributed by atoms with E-state index in [9.17, 15) is 0 Å². The number of hydrogen-bond donors (Lipinski definition) is 2. The van der Waals surface area contributed by atoms with Crippen LogP contribution in [-0.4, -0.2) is 36.8 Å². The van der Waals surface area contributed by atoms with Gasteiger partial charge in [-0.3, -0.25) is 0 Å². The van der Waals surface area contributed by atoms with E-state index in [4.69, 9.17) is 5.11 Å². The Hall–Kier alpha value is -1.29. The standard InChI is InChI=1S/C10H17N3O/c1-8(14)7-11-9-5-4-6-10(12-9)13(2)3/h4-6,8,14H,7H2,1-3H3,(H,11,12). The zero-order valence-electron chi connectivity index (χ0n) is 8.86. The highest BCUT2D eigenvalue weighted by Gasteiger charge is 2.00. The Morgan fingerprint density at radius 2 is 2.21 bits per heavy atom. The second kappa shape index (κ2) is 4.81. The van der Waals surface area contributed by atoms with E-state index in [1.807, 2.05) is 37.2 Å². The van der Waals surface area contributed by atoms with Crippen LogP contribution >= 0.6 is 0 Å². The molecule has 0 aliphatic carbocycles. The van der Waals surface area contributed by atoms with Crippen molar-refractivity contribution in [1.29, 1.82) is 0 Å². The largest absolute Gasteiger partial charge is 0.392 e. The van der Waals surface area contributed by atoms with Crippen LogP contribution in [0.3, 0.4) is 0 Å². The molecule has 0 amide bonds. The highest BCUT2D eigenvalue weighted by molar-refractivity contribution is 5.45. The topological polar surface area (TPSA) is 48.4 Å². The van der Waals surface area contributed by atoms with E-state index in [1.165, 1.54) is 0 Å². The number of nitrogens with zero attached hydrogens (tertiary/aromatic N) is 2. The van der Waals surface area contributed by atoms with Crippen molar-refractivity contribution in [2.75, 3.05) is 30.9 Å². The van der Waals surface area contributed by atoms with Crippen molar-refractivity contribution in [2.45, 2.75) is 13.0 Å². The monoisotopic (exact) mass is 195 g/mol. The number of rotatable bonds is 4. The van der Waals surface area contributed by atoms with Gasteiger partial charge in [0.15, 0.2) is 0 Å². The lowest BCUT2D eigenvalue weighted by Crippen LogP contribution is -2.17. The van der Waals surface area contributed by atoms with E-state index < -0.39 is 0 Å². The molecule has 0 fully saturated rings. The summed E-state index contributed by atoms with van der Waals surface area (Å²) in [6.07, 6.45) is -0.361. The number of anilines is 2. The van der Waals surface area contributed by atoms with Gasteiger partial charge in [-0.15, -0.1) is 0 Å². The van der Waals surface area contributed by atoms with Gasteiger partial charge in [-0.1, -0.05) is 6.07 Å². The average Bonchev–Trinajstić information content (AvgIpc) is 2.15. The molecule has 14 heavy (non-hydrogen) atoms. The van der Waals surface area contributed by atoms with E-state index in [2.05, 4.69) is 10.3 Å². The SMILES string of the molecule is CC(O)CNc1cccc(N(C)C)n1. The van der Waals surface area contributed by atoms with Crippen molar-refractivity contribution < 1.29 is 5.11 Å². The Kier molecular flexibility index (Phi) is 3.71. The normalized spacial score (nSPS) is 12.3. The molecule has 2 N–H and O–H groups in total. The fourth-order valence-corrected chi connectivity index (χ4v) is 1.02. The third-order valence-electron chi connectivity index (χ3n) is 1.77. The second-order valence-corrected chi connectivity index (χ2v) is 3.51. The van der Waals surface area contributed by atoms with Crippen molar-refractivity contribution in [2.24, 2.45) is 0 Å². The third kappa shape index (κ3) is 3.22. The molecule has 0 spiro atoms. The maximum Gasteiger partial charge on any atom is 0.130 e. The van der Waals surface area contributed by atoms with Crippen molar-refractivity contribution in [1.82, 2.24) is 4.98 Å². The predicted octanol–water partition coefficient (Wildman–Crippen LogP) is 0.940. The van der Waals surface area contributed by atoms with Crippen LogP contribution < -0.4 is 10.2 Å². The Bertz CT molecular complexity index is 286. The maximum absolute atomic E-state index is 9.09. The molecule has 4 nitrogen and oxygen atoms in total. The zero-order valence-corrected chi connectivity index (χ0v) is 8.86. The van der Waals surface area contributed by atoms with Gasteiger partial charge in [-0.2, -0.15) is 0 Å². The molecular weight excluding hydrogens is 178 g/mol. The molecule has 0 aliphatic rings. The molecule has 1 unspecified atom stereocenters. The molecule has 1 aromatic rings. The molecule has 0 saturated carbocycles. The molecule has 4 heteroatoms. The van der Waals surface area contributed by atoms with E-state index in [1.54, 1.807) is 6.92 Å². The second-order valence-electron chi connectivity index (χ2n) is 3.51. The minimum atomic E-state index is -0.361. The van der Waals surface area contributed by atoms with Gasteiger partial charge >= 0.3 is 0 Å². The van der Waals surface area contributed by atoms with Crippen LogP contribution in [0.25, 0.3) is 0 Å². The summed E-state index contributed by atoms with van der Waals surface area (Å²) in [5, 5.41) is 12.1. The number of aliphatic hydroxyl groups is 1. The minimum absolute atomic E-state index is 0.361. The Labute approximate surface area is 84.6 Å². The molecule has 0 saturated heterocycles. The quantitative estimate of drug-likeness (QED) is 0.750. The van der Waals surface area contributed by atoms with E-state index in [0.717, 1.165) is 11.6 Å². The van der Waals surface area contributed by atoms with Gasteiger partial charge in [-0.05, 0) is 19.1 Å². The molecule has 0 aliphatic heterocycles. The molecule has 0 bridgehead atoms. The van der Waals surface area contributed by atoms with Gasteiger partial charge in [-0.25, -0.2) is 4.98 Å². The van der Waals surface area contributed by atoms with Crippen LogP contribution in [0.1, 0.15) is 6.92 Å². The highest BCUT2D eigenvalue weighted by atomic mass is 16.3. The zero-order chi connectivity index (χ0) is 10.6. The summed E-state index contributed by atoms with van der Waals surface area (Å²) in [6, 6.07) is 5.76. The van der Waals surface area contributed by atoms with Crippen LogP contribution in [0.2, 0.25) is 0 Å². The van der Waals surface area contributed by atoms with Gasteiger partial charge in [0.1, 0.15) is 11.6 Å². The van der Waals surface area contributed by atoms with E-state index >= 15 is 0 Å². The summed E-state index contributed by atoms with van der Waals surface area (Å²) in [6.45, 7) is 2.26. The van der Waals surface area contributed by atoms with Crippen LogP contribution in [0.15, 0.2) is 18.2 Å². The summed E-state index contributed by atoms with van der Waals surface area (Å²) in [7, 11) is 3.89. The van der Waals surface area contributed by atoms with Crippen molar-refractivity contribution >= 4 is 11.6 Å². The summed E-state index contributed by atoms with van der Waals surface area (Å²) < 4.78 is 0. The lowest BCUT2D eigenvalue weighted by Gasteiger charge is -2.13. The Balaban J connectivity index is 2.64. The van der Waals surface area contributed by atoms with Crippen molar-refractivity contribution in [3.63, 3.8) is 0 Å². The third-order valence-corrected chi connectivity index (χ3v) is 1.77. The predicted molar refractivity (Wildman–Crippen MR) is 58.7 cm³/mol. The van der Waals surface area contributed by atoms with Crippen molar-refractivity contribution in [3.05, 3.63) is 18.2 Å². The van der Waals surface area contributed by atoms with Crippen LogP contribution in [0.4, 0.5) is 11.6 Å². The number of pyridine rings is 1. The number of aliphatic hydroxyl groups excluding tert-OH is 1. The molecule has 78 valence electrons. The van der Waals surface area contributed by atoms with Crippen LogP contribution in [0.5, 0.6) is 0 Å². The number of hydrogen-bond acceptors (Lipinski definition) is 4. The van der Waals surface area contributed by atoms with Gasteiger partial charge in [0, 0.05) is 20.6 Å². The Morgan fingerprint density at radius 3 is 2.79 bits per heavy atom. The molecule has 1 atom stereocenters. The maximum atomic E-state index is 9.09. The summed E-state index contributed by atoms with van der Waals surface area (Å²) >= 11 is 0. The first kappa shape index (κ1) is 10.8. The smallest absolute Gasteiger partial charge is 0.130 e. The summed E-state index contributed by atoms with van der Waals surface area (Å²) in [5.41, 5.74) is 0. The van der Waals surface area contributed by atoms with Gasteiger partial charge in [0.05, 0.1) is 6.10 Å². The highest BCUT2D eigenvalue weighted by Crippen LogP contribution is 2.11. The molecular formula is C10H17N3O. The fourth-order valence-electron chi connectivity index (χ4n) is 1.02. The van der Waals surface area contributed by atoms with Gasteiger partial charge in [0.2, 0.25) is 0 Å². The van der Waals surface area contributed by atoms with Gasteiger partial charge < -0.3 is 15.3 Å². The molecule has 0 radical (unpaired) electrons.